The number of pyridine rings is 1. The van der Waals surface area contributed by atoms with E-state index in [9.17, 15) is 14.4 Å². The lowest BCUT2D eigenvalue weighted by atomic mass is 10.0. The number of rotatable bonds is 2. The van der Waals surface area contributed by atoms with Crippen molar-refractivity contribution in [1.29, 1.82) is 0 Å². The molecule has 2 aromatic rings. The van der Waals surface area contributed by atoms with Crippen LogP contribution >= 0.6 is 0 Å². The van der Waals surface area contributed by atoms with Gasteiger partial charge in [0.25, 0.3) is 5.91 Å². The number of carbonyl (C=O) groups is 3. The zero-order chi connectivity index (χ0) is 19.3. The fourth-order valence-corrected chi connectivity index (χ4v) is 4.22. The van der Waals surface area contributed by atoms with Gasteiger partial charge in [-0.2, -0.15) is 0 Å². The van der Waals surface area contributed by atoms with Crippen molar-refractivity contribution in [3.63, 3.8) is 0 Å². The van der Waals surface area contributed by atoms with E-state index in [4.69, 9.17) is 4.98 Å². The third-order valence-corrected chi connectivity index (χ3v) is 5.71. The fourth-order valence-electron chi connectivity index (χ4n) is 4.22. The number of nitrogens with one attached hydrogen (secondary N) is 2. The van der Waals surface area contributed by atoms with Gasteiger partial charge in [-0.05, 0) is 48.6 Å². The van der Waals surface area contributed by atoms with Gasteiger partial charge in [-0.15, -0.1) is 0 Å². The van der Waals surface area contributed by atoms with Gasteiger partial charge in [0.2, 0.25) is 11.8 Å². The van der Waals surface area contributed by atoms with E-state index in [-0.39, 0.29) is 24.1 Å². The molecule has 142 valence electrons. The highest BCUT2D eigenvalue weighted by Gasteiger charge is 2.39. The molecule has 1 aromatic carbocycles. The van der Waals surface area contributed by atoms with E-state index < -0.39 is 6.04 Å². The molecule has 1 atom stereocenters. The van der Waals surface area contributed by atoms with Gasteiger partial charge < -0.3 is 10.2 Å². The molecule has 1 aromatic heterocycles. The quantitative estimate of drug-likeness (QED) is 0.781. The summed E-state index contributed by atoms with van der Waals surface area (Å²) in [6, 6.07) is 9.24. The Hall–Kier alpha value is -3.22. The van der Waals surface area contributed by atoms with E-state index in [1.54, 1.807) is 4.90 Å². The number of piperidine rings is 1. The minimum atomic E-state index is -0.591. The maximum absolute atomic E-state index is 12.8. The highest BCUT2D eigenvalue weighted by molar-refractivity contribution is 6.05. The topological polar surface area (TPSA) is 91.4 Å². The molecule has 1 fully saturated rings. The number of aromatic nitrogens is 1. The first-order valence-corrected chi connectivity index (χ1v) is 9.62. The maximum atomic E-state index is 12.8. The molecule has 2 N–H and O–H groups in total. The van der Waals surface area contributed by atoms with Crippen molar-refractivity contribution in [3.05, 3.63) is 47.0 Å². The van der Waals surface area contributed by atoms with Crippen LogP contribution in [0, 0.1) is 0 Å². The molecule has 0 aliphatic carbocycles. The van der Waals surface area contributed by atoms with Crippen molar-refractivity contribution >= 4 is 23.5 Å². The number of aryl methyl sites for hydroxylation is 1. The first kappa shape index (κ1) is 16.9. The van der Waals surface area contributed by atoms with E-state index in [1.807, 2.05) is 24.3 Å². The lowest BCUT2D eigenvalue weighted by Gasteiger charge is -2.29. The average Bonchev–Trinajstić information content (AvgIpc) is 3.03. The third kappa shape index (κ3) is 2.74. The molecular weight excluding hydrogens is 356 g/mol. The van der Waals surface area contributed by atoms with Crippen molar-refractivity contribution in [2.75, 3.05) is 11.9 Å². The van der Waals surface area contributed by atoms with Crippen LogP contribution in [0.4, 0.5) is 5.82 Å². The zero-order valence-corrected chi connectivity index (χ0v) is 15.3. The molecule has 0 saturated carbocycles. The maximum Gasteiger partial charge on any atom is 0.255 e. The second kappa shape index (κ2) is 6.44. The minimum Gasteiger partial charge on any atom is -0.370 e. The second-order valence-corrected chi connectivity index (χ2v) is 7.51. The average molecular weight is 376 g/mol. The van der Waals surface area contributed by atoms with Crippen LogP contribution in [0.3, 0.4) is 0 Å². The Balaban J connectivity index is 1.43. The standard InChI is InChI=1S/C21H20N4O3/c26-18-8-7-17(20(27)24-18)25-11-14-10-13(3-5-15(14)21(25)28)16-6-4-12-2-1-9-22-19(12)23-16/h3-6,10,17H,1-2,7-9,11H2,(H,22,23)(H,24,26,27). The van der Waals surface area contributed by atoms with Gasteiger partial charge in [0.05, 0.1) is 5.69 Å². The largest absolute Gasteiger partial charge is 0.370 e. The van der Waals surface area contributed by atoms with Crippen molar-refractivity contribution in [2.45, 2.75) is 38.3 Å². The number of benzene rings is 1. The summed E-state index contributed by atoms with van der Waals surface area (Å²) in [6.07, 6.45) is 2.78. The van der Waals surface area contributed by atoms with E-state index >= 15 is 0 Å². The van der Waals surface area contributed by atoms with Crippen LogP contribution in [-0.2, 0) is 22.6 Å². The van der Waals surface area contributed by atoms with Crippen molar-refractivity contribution < 1.29 is 14.4 Å². The Bertz CT molecular complexity index is 1020. The predicted molar refractivity (Wildman–Crippen MR) is 103 cm³/mol. The van der Waals surface area contributed by atoms with E-state index in [2.05, 4.69) is 16.7 Å². The number of fused-ring (bicyclic) bond motifs is 2. The van der Waals surface area contributed by atoms with Crippen LogP contribution in [-0.4, -0.2) is 40.2 Å². The SMILES string of the molecule is O=C1CCC(N2Cc3cc(-c4ccc5c(n4)NCCC5)ccc3C2=O)C(=O)N1. The van der Waals surface area contributed by atoms with Crippen LogP contribution in [0.15, 0.2) is 30.3 Å². The van der Waals surface area contributed by atoms with Crippen LogP contribution in [0.1, 0.15) is 40.7 Å². The monoisotopic (exact) mass is 376 g/mol. The highest BCUT2D eigenvalue weighted by Crippen LogP contribution is 2.32. The van der Waals surface area contributed by atoms with E-state index in [0.717, 1.165) is 42.0 Å². The van der Waals surface area contributed by atoms with Gasteiger partial charge in [0.1, 0.15) is 11.9 Å². The number of carbonyl (C=O) groups excluding carboxylic acids is 3. The lowest BCUT2D eigenvalue weighted by Crippen LogP contribution is -2.52. The summed E-state index contributed by atoms with van der Waals surface area (Å²) in [7, 11) is 0. The summed E-state index contributed by atoms with van der Waals surface area (Å²) in [5, 5.41) is 5.68. The van der Waals surface area contributed by atoms with Crippen LogP contribution in [0.5, 0.6) is 0 Å². The molecule has 1 unspecified atom stereocenters. The molecule has 5 rings (SSSR count). The van der Waals surface area contributed by atoms with E-state index in [1.165, 1.54) is 5.56 Å². The Morgan fingerprint density at radius 3 is 2.79 bits per heavy atom. The molecule has 1 saturated heterocycles. The van der Waals surface area contributed by atoms with Gasteiger partial charge in [0, 0.05) is 30.6 Å². The molecule has 28 heavy (non-hydrogen) atoms. The molecule has 7 heteroatoms. The molecule has 7 nitrogen and oxygen atoms in total. The lowest BCUT2D eigenvalue weighted by molar-refractivity contribution is -0.136. The molecule has 0 spiro atoms. The Labute approximate surface area is 162 Å². The van der Waals surface area contributed by atoms with Crippen molar-refractivity contribution in [1.82, 2.24) is 15.2 Å². The molecule has 4 heterocycles. The Morgan fingerprint density at radius 1 is 1.04 bits per heavy atom. The van der Waals surface area contributed by atoms with Crippen LogP contribution < -0.4 is 10.6 Å². The summed E-state index contributed by atoms with van der Waals surface area (Å²) < 4.78 is 0. The summed E-state index contributed by atoms with van der Waals surface area (Å²) in [4.78, 5) is 42.7. The first-order valence-electron chi connectivity index (χ1n) is 9.62. The normalized spacial score (nSPS) is 21.1. The molecule has 0 bridgehead atoms. The van der Waals surface area contributed by atoms with E-state index in [0.29, 0.717) is 18.5 Å². The number of nitrogens with zero attached hydrogens (tertiary/aromatic N) is 2. The number of amides is 3. The molecule has 0 radical (unpaired) electrons. The number of hydrogen-bond donors (Lipinski definition) is 2. The Morgan fingerprint density at radius 2 is 1.93 bits per heavy atom. The summed E-state index contributed by atoms with van der Waals surface area (Å²) in [5.74, 6) is 0.112. The Kier molecular flexibility index (Phi) is 3.89. The minimum absolute atomic E-state index is 0.156. The van der Waals surface area contributed by atoms with Gasteiger partial charge >= 0.3 is 0 Å². The number of imide groups is 1. The van der Waals surface area contributed by atoms with Gasteiger partial charge in [-0.1, -0.05) is 12.1 Å². The van der Waals surface area contributed by atoms with Crippen LogP contribution in [0.2, 0.25) is 0 Å². The summed E-state index contributed by atoms with van der Waals surface area (Å²) in [6.45, 7) is 1.31. The fraction of sp³-hybridized carbons (Fsp3) is 0.333. The smallest absolute Gasteiger partial charge is 0.255 e. The summed E-state index contributed by atoms with van der Waals surface area (Å²) in [5.41, 5.74) is 4.55. The van der Waals surface area contributed by atoms with Gasteiger partial charge in [0.15, 0.2) is 0 Å². The highest BCUT2D eigenvalue weighted by atomic mass is 16.2. The molecule has 3 aliphatic rings. The molecular formula is C21H20N4O3. The molecule has 3 amide bonds. The summed E-state index contributed by atoms with van der Waals surface area (Å²) >= 11 is 0. The van der Waals surface area contributed by atoms with Gasteiger partial charge in [-0.25, -0.2) is 4.98 Å². The zero-order valence-electron chi connectivity index (χ0n) is 15.3. The predicted octanol–water partition coefficient (Wildman–Crippen LogP) is 1.87. The molecule has 3 aliphatic heterocycles. The van der Waals surface area contributed by atoms with Crippen molar-refractivity contribution in [3.8, 4) is 11.3 Å². The number of anilines is 1. The van der Waals surface area contributed by atoms with Gasteiger partial charge in [-0.3, -0.25) is 19.7 Å². The second-order valence-electron chi connectivity index (χ2n) is 7.51. The first-order chi connectivity index (χ1) is 13.6. The van der Waals surface area contributed by atoms with Crippen LogP contribution in [0.25, 0.3) is 11.3 Å². The van der Waals surface area contributed by atoms with Crippen molar-refractivity contribution in [2.24, 2.45) is 0 Å². The number of hydrogen-bond acceptors (Lipinski definition) is 5. The third-order valence-electron chi connectivity index (χ3n) is 5.71.